The molecule has 31 heavy (non-hydrogen) atoms. The van der Waals surface area contributed by atoms with Crippen molar-refractivity contribution in [3.63, 3.8) is 0 Å². The van der Waals surface area contributed by atoms with Crippen molar-refractivity contribution in [2.24, 2.45) is 0 Å². The van der Waals surface area contributed by atoms with Crippen LogP contribution in [0.4, 0.5) is 0 Å². The Hall–Kier alpha value is -2.37. The van der Waals surface area contributed by atoms with E-state index in [9.17, 15) is 14.4 Å². The Kier molecular flexibility index (Phi) is 6.35. The first-order valence-corrected chi connectivity index (χ1v) is 11.8. The third-order valence-corrected chi connectivity index (χ3v) is 7.57. The topological polar surface area (TPSA) is 75.7 Å². The molecule has 1 N–H and O–H groups in total. The quantitative estimate of drug-likeness (QED) is 0.740. The molecule has 6 nitrogen and oxygen atoms in total. The van der Waals surface area contributed by atoms with Crippen molar-refractivity contribution in [2.75, 3.05) is 7.11 Å². The van der Waals surface area contributed by atoms with Gasteiger partial charge >= 0.3 is 5.97 Å². The van der Waals surface area contributed by atoms with Gasteiger partial charge in [0.2, 0.25) is 5.91 Å². The van der Waals surface area contributed by atoms with E-state index in [-0.39, 0.29) is 17.9 Å². The molecule has 3 aliphatic rings. The lowest BCUT2D eigenvalue weighted by Crippen LogP contribution is -2.66. The van der Waals surface area contributed by atoms with Crippen molar-refractivity contribution in [1.29, 1.82) is 0 Å². The van der Waals surface area contributed by atoms with Crippen LogP contribution < -0.4 is 5.32 Å². The fourth-order valence-electron chi connectivity index (χ4n) is 6.18. The molecule has 2 aliphatic carbocycles. The Labute approximate surface area is 184 Å². The lowest BCUT2D eigenvalue weighted by Gasteiger charge is -2.57. The van der Waals surface area contributed by atoms with Gasteiger partial charge in [0.15, 0.2) is 0 Å². The first kappa shape index (κ1) is 21.8. The fourth-order valence-corrected chi connectivity index (χ4v) is 6.18. The Morgan fingerprint density at radius 1 is 1.06 bits per heavy atom. The zero-order valence-corrected chi connectivity index (χ0v) is 18.7. The Balaban J connectivity index is 1.81. The Morgan fingerprint density at radius 2 is 1.71 bits per heavy atom. The van der Waals surface area contributed by atoms with Gasteiger partial charge in [-0.05, 0) is 44.2 Å². The highest BCUT2D eigenvalue weighted by Gasteiger charge is 2.56. The molecule has 1 heterocycles. The standard InChI is InChI=1S/C25H34N2O4/c1-17(24(30)31-2)26-22(28)21-19-13-7-8-14-20(19)23(29)27(18-11-5-3-6-12-18)25(21)15-9-4-10-16-25/h7-8,13-14,17-18,21H,3-6,9-12,15-16H2,1-2H3,(H,26,28)/t17-,21?/m0/s1. The monoisotopic (exact) mass is 426 g/mol. The van der Waals surface area contributed by atoms with Gasteiger partial charge in [-0.25, -0.2) is 4.79 Å². The highest BCUT2D eigenvalue weighted by Crippen LogP contribution is 2.51. The predicted octanol–water partition coefficient (Wildman–Crippen LogP) is 3.94. The van der Waals surface area contributed by atoms with Crippen molar-refractivity contribution < 1.29 is 19.1 Å². The van der Waals surface area contributed by atoms with E-state index in [1.54, 1.807) is 6.92 Å². The number of esters is 1. The molecule has 0 bridgehead atoms. The van der Waals surface area contributed by atoms with E-state index in [1.165, 1.54) is 13.5 Å². The van der Waals surface area contributed by atoms with Crippen LogP contribution in [0.5, 0.6) is 0 Å². The highest BCUT2D eigenvalue weighted by molar-refractivity contribution is 6.02. The van der Waals surface area contributed by atoms with Gasteiger partial charge in [-0.2, -0.15) is 0 Å². The maximum Gasteiger partial charge on any atom is 0.328 e. The van der Waals surface area contributed by atoms with Crippen LogP contribution in [0.1, 0.15) is 93.0 Å². The van der Waals surface area contributed by atoms with Crippen LogP contribution in [0, 0.1) is 0 Å². The summed E-state index contributed by atoms with van der Waals surface area (Å²) in [5.74, 6) is -1.04. The van der Waals surface area contributed by atoms with Gasteiger partial charge in [0, 0.05) is 11.6 Å². The van der Waals surface area contributed by atoms with Gasteiger partial charge in [0.05, 0.1) is 18.6 Å². The number of rotatable bonds is 4. The molecule has 1 spiro atoms. The normalized spacial score (nSPS) is 24.4. The largest absolute Gasteiger partial charge is 0.467 e. The Bertz CT molecular complexity index is 840. The summed E-state index contributed by atoms with van der Waals surface area (Å²) >= 11 is 0. The SMILES string of the molecule is COC(=O)[C@H](C)NC(=O)C1c2ccccc2C(=O)N(C2CCCCC2)C12CCCCC2. The van der Waals surface area contributed by atoms with E-state index in [4.69, 9.17) is 4.74 Å². The summed E-state index contributed by atoms with van der Waals surface area (Å²) in [6.07, 6.45) is 10.3. The number of amides is 2. The van der Waals surface area contributed by atoms with Crippen LogP contribution >= 0.6 is 0 Å². The number of carbonyl (C=O) groups is 3. The molecule has 1 aliphatic heterocycles. The molecule has 6 heteroatoms. The predicted molar refractivity (Wildman–Crippen MR) is 118 cm³/mol. The lowest BCUT2D eigenvalue weighted by molar-refractivity contribution is -0.145. The summed E-state index contributed by atoms with van der Waals surface area (Å²) in [5, 5.41) is 2.90. The first-order chi connectivity index (χ1) is 15.0. The summed E-state index contributed by atoms with van der Waals surface area (Å²) in [6, 6.07) is 7.01. The molecule has 2 fully saturated rings. The molecule has 2 amide bonds. The third kappa shape index (κ3) is 3.85. The second-order valence-corrected chi connectivity index (χ2v) is 9.40. The smallest absolute Gasteiger partial charge is 0.328 e. The maximum atomic E-state index is 13.9. The van der Waals surface area contributed by atoms with Crippen LogP contribution in [0.2, 0.25) is 0 Å². The molecule has 0 saturated heterocycles. The fraction of sp³-hybridized carbons (Fsp3) is 0.640. The summed E-state index contributed by atoms with van der Waals surface area (Å²) in [6.45, 7) is 1.65. The lowest BCUT2D eigenvalue weighted by atomic mass is 9.64. The third-order valence-electron chi connectivity index (χ3n) is 7.57. The number of hydrogen-bond donors (Lipinski definition) is 1. The number of benzene rings is 1. The van der Waals surface area contributed by atoms with Gasteiger partial charge in [-0.15, -0.1) is 0 Å². The first-order valence-electron chi connectivity index (χ1n) is 11.8. The van der Waals surface area contributed by atoms with Gasteiger partial charge in [-0.1, -0.05) is 56.7 Å². The van der Waals surface area contributed by atoms with E-state index < -0.39 is 23.5 Å². The molecule has 0 radical (unpaired) electrons. The second-order valence-electron chi connectivity index (χ2n) is 9.40. The van der Waals surface area contributed by atoms with E-state index in [0.29, 0.717) is 5.56 Å². The number of carbonyl (C=O) groups excluding carboxylic acids is 3. The summed E-state index contributed by atoms with van der Waals surface area (Å²) in [5.41, 5.74) is 0.914. The second kappa shape index (κ2) is 9.01. The number of ether oxygens (including phenoxy) is 1. The zero-order valence-electron chi connectivity index (χ0n) is 18.7. The van der Waals surface area contributed by atoms with Crippen LogP contribution in [-0.2, 0) is 14.3 Å². The highest BCUT2D eigenvalue weighted by atomic mass is 16.5. The summed E-state index contributed by atoms with van der Waals surface area (Å²) in [7, 11) is 1.33. The average molecular weight is 427 g/mol. The van der Waals surface area contributed by atoms with Crippen LogP contribution in [-0.4, -0.2) is 47.4 Å². The van der Waals surface area contributed by atoms with Crippen LogP contribution in [0.3, 0.4) is 0 Å². The number of methoxy groups -OCH3 is 1. The minimum atomic E-state index is -0.730. The van der Waals surface area contributed by atoms with E-state index in [1.807, 2.05) is 24.3 Å². The number of nitrogens with zero attached hydrogens (tertiary/aromatic N) is 1. The summed E-state index contributed by atoms with van der Waals surface area (Å²) in [4.78, 5) is 41.7. The number of fused-ring (bicyclic) bond motifs is 1. The van der Waals surface area contributed by atoms with Crippen molar-refractivity contribution in [1.82, 2.24) is 10.2 Å². The van der Waals surface area contributed by atoms with E-state index >= 15 is 0 Å². The summed E-state index contributed by atoms with van der Waals surface area (Å²) < 4.78 is 4.82. The number of hydrogen-bond acceptors (Lipinski definition) is 4. The average Bonchev–Trinajstić information content (AvgIpc) is 2.80. The van der Waals surface area contributed by atoms with Gasteiger partial charge in [0.25, 0.3) is 5.91 Å². The molecule has 2 atom stereocenters. The van der Waals surface area contributed by atoms with Crippen molar-refractivity contribution >= 4 is 17.8 Å². The molecular formula is C25H34N2O4. The van der Waals surface area contributed by atoms with Gasteiger partial charge < -0.3 is 15.0 Å². The van der Waals surface area contributed by atoms with Crippen molar-refractivity contribution in [2.45, 2.75) is 94.7 Å². The molecule has 1 aromatic rings. The van der Waals surface area contributed by atoms with E-state index in [0.717, 1.165) is 63.4 Å². The van der Waals surface area contributed by atoms with Crippen molar-refractivity contribution in [3.8, 4) is 0 Å². The van der Waals surface area contributed by atoms with Gasteiger partial charge in [-0.3, -0.25) is 9.59 Å². The minimum Gasteiger partial charge on any atom is -0.467 e. The number of nitrogens with one attached hydrogen (secondary N) is 1. The molecule has 168 valence electrons. The molecule has 2 saturated carbocycles. The van der Waals surface area contributed by atoms with Crippen LogP contribution in [0.25, 0.3) is 0 Å². The Morgan fingerprint density at radius 3 is 2.39 bits per heavy atom. The molecule has 0 aromatic heterocycles. The van der Waals surface area contributed by atoms with Crippen LogP contribution in [0.15, 0.2) is 24.3 Å². The minimum absolute atomic E-state index is 0.0782. The molecule has 1 aromatic carbocycles. The van der Waals surface area contributed by atoms with Gasteiger partial charge in [0.1, 0.15) is 6.04 Å². The molecule has 1 unspecified atom stereocenters. The maximum absolute atomic E-state index is 13.9. The molecule has 4 rings (SSSR count). The van der Waals surface area contributed by atoms with Crippen molar-refractivity contribution in [3.05, 3.63) is 35.4 Å². The zero-order chi connectivity index (χ0) is 22.0. The van der Waals surface area contributed by atoms with E-state index in [2.05, 4.69) is 10.2 Å². The molecular weight excluding hydrogens is 392 g/mol.